The quantitative estimate of drug-likeness (QED) is 0.848. The predicted octanol–water partition coefficient (Wildman–Crippen LogP) is 3.51. The van der Waals surface area contributed by atoms with E-state index in [-0.39, 0.29) is 0 Å². The number of thiazole rings is 1. The van der Waals surface area contributed by atoms with Gasteiger partial charge in [0.25, 0.3) is 0 Å². The van der Waals surface area contributed by atoms with Crippen molar-refractivity contribution in [1.82, 2.24) is 15.2 Å². The lowest BCUT2D eigenvalue weighted by Crippen LogP contribution is -1.98. The third-order valence-corrected chi connectivity index (χ3v) is 5.36. The van der Waals surface area contributed by atoms with Crippen molar-refractivity contribution in [2.45, 2.75) is 38.7 Å². The zero-order chi connectivity index (χ0) is 13.9. The molecule has 0 radical (unpaired) electrons. The Bertz CT molecular complexity index is 577. The van der Waals surface area contributed by atoms with Gasteiger partial charge in [-0.25, -0.2) is 4.98 Å². The van der Waals surface area contributed by atoms with Gasteiger partial charge in [0.05, 0.1) is 22.2 Å². The number of ether oxygens (including phenoxy) is 1. The van der Waals surface area contributed by atoms with E-state index in [4.69, 9.17) is 9.72 Å². The second kappa shape index (κ2) is 6.15. The summed E-state index contributed by atoms with van der Waals surface area (Å²) in [7, 11) is 1.70. The Kier molecular flexibility index (Phi) is 4.28. The van der Waals surface area contributed by atoms with Crippen LogP contribution in [0.25, 0.3) is 9.88 Å². The predicted molar refractivity (Wildman–Crippen MR) is 82.5 cm³/mol. The van der Waals surface area contributed by atoms with Crippen molar-refractivity contribution in [1.29, 1.82) is 0 Å². The second-order valence-corrected chi connectivity index (χ2v) is 6.88. The molecule has 0 saturated heterocycles. The average molecular weight is 310 g/mol. The zero-order valence-electron chi connectivity index (χ0n) is 11.7. The van der Waals surface area contributed by atoms with E-state index >= 15 is 0 Å². The monoisotopic (exact) mass is 310 g/mol. The lowest BCUT2D eigenvalue weighted by atomic mass is 10.4. The van der Waals surface area contributed by atoms with Gasteiger partial charge >= 0.3 is 0 Å². The molecule has 0 spiro atoms. The molecule has 1 aliphatic rings. The fourth-order valence-corrected chi connectivity index (χ4v) is 3.99. The van der Waals surface area contributed by atoms with Crippen molar-refractivity contribution in [3.63, 3.8) is 0 Å². The normalized spacial score (nSPS) is 14.7. The summed E-state index contributed by atoms with van der Waals surface area (Å²) in [6.07, 6.45) is 3.60. The van der Waals surface area contributed by atoms with Crippen LogP contribution in [0.2, 0.25) is 0 Å². The Morgan fingerprint density at radius 3 is 2.85 bits per heavy atom. The van der Waals surface area contributed by atoms with Gasteiger partial charge in [0.1, 0.15) is 0 Å². The molecule has 1 fully saturated rings. The smallest absolute Gasteiger partial charge is 0.206 e. The summed E-state index contributed by atoms with van der Waals surface area (Å²) < 4.78 is 5.26. The Balaban J connectivity index is 1.85. The summed E-state index contributed by atoms with van der Waals surface area (Å²) in [5, 5.41) is 14.8. The third-order valence-electron chi connectivity index (χ3n) is 3.07. The molecule has 2 heterocycles. The van der Waals surface area contributed by atoms with E-state index in [0.29, 0.717) is 12.5 Å². The molecule has 7 heteroatoms. The van der Waals surface area contributed by atoms with Crippen LogP contribution in [0.15, 0.2) is 0 Å². The molecule has 108 valence electrons. The molecule has 20 heavy (non-hydrogen) atoms. The summed E-state index contributed by atoms with van der Waals surface area (Å²) in [6.45, 7) is 3.60. The van der Waals surface area contributed by atoms with Crippen LogP contribution in [-0.4, -0.2) is 28.8 Å². The average Bonchev–Trinajstić information content (AvgIpc) is 3.05. The molecule has 2 aromatic rings. The molecular formula is C13H18N4OS2. The van der Waals surface area contributed by atoms with Gasteiger partial charge in [-0.15, -0.1) is 21.5 Å². The first-order valence-electron chi connectivity index (χ1n) is 6.88. The standard InChI is InChI=1S/C13H18N4OS2/c1-3-6-14-13-17-16-12(20-13)10-9(7-18-2)15-11(19-10)8-4-5-8/h8H,3-7H2,1-2H3,(H,14,17). The van der Waals surface area contributed by atoms with Gasteiger partial charge in [0.15, 0.2) is 5.01 Å². The van der Waals surface area contributed by atoms with Crippen molar-refractivity contribution in [2.75, 3.05) is 19.0 Å². The molecule has 1 N–H and O–H groups in total. The fourth-order valence-electron chi connectivity index (χ4n) is 1.89. The van der Waals surface area contributed by atoms with Crippen LogP contribution in [0, 0.1) is 0 Å². The minimum Gasteiger partial charge on any atom is -0.378 e. The van der Waals surface area contributed by atoms with Gasteiger partial charge in [-0.05, 0) is 19.3 Å². The summed E-state index contributed by atoms with van der Waals surface area (Å²) in [5.74, 6) is 0.662. The maximum atomic E-state index is 5.26. The maximum Gasteiger partial charge on any atom is 0.206 e. The Morgan fingerprint density at radius 2 is 2.15 bits per heavy atom. The third kappa shape index (κ3) is 2.99. The largest absolute Gasteiger partial charge is 0.378 e. The summed E-state index contributed by atoms with van der Waals surface area (Å²) in [6, 6.07) is 0. The van der Waals surface area contributed by atoms with Gasteiger partial charge in [0, 0.05) is 19.6 Å². The van der Waals surface area contributed by atoms with E-state index < -0.39 is 0 Å². The Morgan fingerprint density at radius 1 is 1.30 bits per heavy atom. The van der Waals surface area contributed by atoms with E-state index in [1.807, 2.05) is 0 Å². The molecule has 0 bridgehead atoms. The number of rotatable bonds is 7. The number of aromatic nitrogens is 3. The molecule has 0 atom stereocenters. The first kappa shape index (κ1) is 13.9. The van der Waals surface area contributed by atoms with Crippen molar-refractivity contribution in [3.05, 3.63) is 10.7 Å². The molecule has 2 aromatic heterocycles. The number of hydrogen-bond acceptors (Lipinski definition) is 7. The molecule has 1 aliphatic carbocycles. The van der Waals surface area contributed by atoms with Crippen LogP contribution >= 0.6 is 22.7 Å². The van der Waals surface area contributed by atoms with Crippen LogP contribution in [0.1, 0.15) is 42.8 Å². The van der Waals surface area contributed by atoms with E-state index in [9.17, 15) is 0 Å². The van der Waals surface area contributed by atoms with Gasteiger partial charge in [-0.2, -0.15) is 0 Å². The lowest BCUT2D eigenvalue weighted by molar-refractivity contribution is 0.182. The number of anilines is 1. The van der Waals surface area contributed by atoms with Gasteiger partial charge in [-0.3, -0.25) is 0 Å². The van der Waals surface area contributed by atoms with Gasteiger partial charge in [-0.1, -0.05) is 18.3 Å². The highest BCUT2D eigenvalue weighted by molar-refractivity contribution is 7.23. The lowest BCUT2D eigenvalue weighted by Gasteiger charge is -1.97. The van der Waals surface area contributed by atoms with Crippen LogP contribution in [0.3, 0.4) is 0 Å². The van der Waals surface area contributed by atoms with Crippen molar-refractivity contribution in [2.24, 2.45) is 0 Å². The number of hydrogen-bond donors (Lipinski definition) is 1. The minimum absolute atomic E-state index is 0.538. The van der Waals surface area contributed by atoms with Crippen molar-refractivity contribution < 1.29 is 4.74 Å². The molecule has 3 rings (SSSR count). The summed E-state index contributed by atoms with van der Waals surface area (Å²) in [4.78, 5) is 5.84. The molecular weight excluding hydrogens is 292 g/mol. The van der Waals surface area contributed by atoms with Gasteiger partial charge in [0.2, 0.25) is 5.13 Å². The Hall–Kier alpha value is -1.05. The van der Waals surface area contributed by atoms with Crippen LogP contribution in [-0.2, 0) is 11.3 Å². The Labute approximate surface area is 126 Å². The SMILES string of the molecule is CCCNc1nnc(-c2sc(C3CC3)nc2COC)s1. The molecule has 1 saturated carbocycles. The minimum atomic E-state index is 0.538. The van der Waals surface area contributed by atoms with Crippen LogP contribution in [0.4, 0.5) is 5.13 Å². The molecule has 0 unspecified atom stereocenters. The summed E-state index contributed by atoms with van der Waals surface area (Å²) >= 11 is 3.34. The maximum absolute atomic E-state index is 5.26. The van der Waals surface area contributed by atoms with Crippen molar-refractivity contribution in [3.8, 4) is 9.88 Å². The topological polar surface area (TPSA) is 59.9 Å². The van der Waals surface area contributed by atoms with Gasteiger partial charge < -0.3 is 10.1 Å². The fraction of sp³-hybridized carbons (Fsp3) is 0.615. The van der Waals surface area contributed by atoms with E-state index in [1.165, 1.54) is 17.8 Å². The molecule has 5 nitrogen and oxygen atoms in total. The highest BCUT2D eigenvalue weighted by Crippen LogP contribution is 2.45. The first-order valence-corrected chi connectivity index (χ1v) is 8.51. The molecule has 0 aliphatic heterocycles. The van der Waals surface area contributed by atoms with Crippen LogP contribution < -0.4 is 5.32 Å². The number of methoxy groups -OCH3 is 1. The number of nitrogens with one attached hydrogen (secondary N) is 1. The highest BCUT2D eigenvalue weighted by Gasteiger charge is 2.29. The first-order chi connectivity index (χ1) is 9.81. The highest BCUT2D eigenvalue weighted by atomic mass is 32.1. The van der Waals surface area contributed by atoms with Crippen molar-refractivity contribution >= 4 is 27.8 Å². The molecule has 0 amide bonds. The second-order valence-electron chi connectivity index (χ2n) is 4.87. The summed E-state index contributed by atoms with van der Waals surface area (Å²) in [5.41, 5.74) is 0.998. The van der Waals surface area contributed by atoms with E-state index in [1.54, 1.807) is 29.8 Å². The van der Waals surface area contributed by atoms with Crippen LogP contribution in [0.5, 0.6) is 0 Å². The zero-order valence-corrected chi connectivity index (χ0v) is 13.3. The van der Waals surface area contributed by atoms with E-state index in [2.05, 4.69) is 22.4 Å². The number of nitrogens with zero attached hydrogens (tertiary/aromatic N) is 3. The molecule has 0 aromatic carbocycles. The van der Waals surface area contributed by atoms with E-state index in [0.717, 1.165) is 33.7 Å².